The van der Waals surface area contributed by atoms with E-state index < -0.39 is 0 Å². The predicted octanol–water partition coefficient (Wildman–Crippen LogP) is -0.294. The molecule has 8 heteroatoms. The third kappa shape index (κ3) is 4.31. The van der Waals surface area contributed by atoms with E-state index in [1.165, 1.54) is 6.92 Å². The van der Waals surface area contributed by atoms with Crippen molar-refractivity contribution in [2.75, 3.05) is 31.1 Å². The summed E-state index contributed by atoms with van der Waals surface area (Å²) in [7, 11) is 0. The highest BCUT2D eigenvalue weighted by Crippen LogP contribution is 2.26. The summed E-state index contributed by atoms with van der Waals surface area (Å²) in [6.07, 6.45) is 4.03. The Balaban J connectivity index is 1.90. The number of aromatic nitrogens is 2. The molecular weight excluding hydrogens is 286 g/mol. The number of hydrogen-bond acceptors (Lipinski definition) is 6. The van der Waals surface area contributed by atoms with Gasteiger partial charge < -0.3 is 20.3 Å². The third-order valence-corrected chi connectivity index (χ3v) is 3.28. The molecule has 1 atom stereocenters. The third-order valence-electron chi connectivity index (χ3n) is 3.28. The molecule has 0 bridgehead atoms. The maximum Gasteiger partial charge on any atom is 0.257 e. The molecule has 2 N–H and O–H groups in total. The summed E-state index contributed by atoms with van der Waals surface area (Å²) >= 11 is 0. The second-order valence-electron chi connectivity index (χ2n) is 5.03. The number of anilines is 1. The topological polar surface area (TPSA) is 96.5 Å². The summed E-state index contributed by atoms with van der Waals surface area (Å²) in [6, 6.07) is 0.0257. The number of rotatable bonds is 6. The lowest BCUT2D eigenvalue weighted by atomic mass is 10.2. The first-order chi connectivity index (χ1) is 10.6. The summed E-state index contributed by atoms with van der Waals surface area (Å²) < 4.78 is 5.48. The van der Waals surface area contributed by atoms with Crippen molar-refractivity contribution in [1.82, 2.24) is 20.6 Å². The second kappa shape index (κ2) is 7.58. The van der Waals surface area contributed by atoms with Crippen LogP contribution in [0.25, 0.3) is 0 Å². The smallest absolute Gasteiger partial charge is 0.257 e. The Hall–Kier alpha value is -2.38. The minimum absolute atomic E-state index is 0.00116. The van der Waals surface area contributed by atoms with Crippen molar-refractivity contribution < 1.29 is 14.3 Å². The van der Waals surface area contributed by atoms with Gasteiger partial charge in [0, 0.05) is 38.4 Å². The molecule has 0 aromatic carbocycles. The van der Waals surface area contributed by atoms with Crippen molar-refractivity contribution in [2.45, 2.75) is 26.3 Å². The summed E-state index contributed by atoms with van der Waals surface area (Å²) in [5.74, 6) is 0.800. The molecule has 1 aliphatic rings. The van der Waals surface area contributed by atoms with Gasteiger partial charge in [-0.05, 0) is 13.3 Å². The van der Waals surface area contributed by atoms with E-state index >= 15 is 0 Å². The van der Waals surface area contributed by atoms with Gasteiger partial charge in [0.15, 0.2) is 5.82 Å². The van der Waals surface area contributed by atoms with Crippen LogP contribution in [0.3, 0.4) is 0 Å². The summed E-state index contributed by atoms with van der Waals surface area (Å²) in [4.78, 5) is 33.1. The Morgan fingerprint density at radius 2 is 2.18 bits per heavy atom. The quantitative estimate of drug-likeness (QED) is 0.749. The standard InChI is InChI=1S/C14H21N5O3/c1-3-22-14-13(15-5-6-16-14)19-7-4-11(9-19)18-12(21)8-17-10(2)20/h5-6,11H,3-4,7-9H2,1-2H3,(H,17,20)(H,18,21)/t11-/m0/s1. The van der Waals surface area contributed by atoms with Gasteiger partial charge in [-0.25, -0.2) is 9.97 Å². The molecule has 2 rings (SSSR count). The fraction of sp³-hybridized carbons (Fsp3) is 0.571. The van der Waals surface area contributed by atoms with Crippen LogP contribution >= 0.6 is 0 Å². The van der Waals surface area contributed by atoms with Crippen LogP contribution in [-0.4, -0.2) is 54.1 Å². The molecule has 1 saturated heterocycles. The van der Waals surface area contributed by atoms with Crippen molar-refractivity contribution in [2.24, 2.45) is 0 Å². The number of carbonyl (C=O) groups excluding carboxylic acids is 2. The Bertz CT molecular complexity index is 537. The van der Waals surface area contributed by atoms with Crippen molar-refractivity contribution in [3.05, 3.63) is 12.4 Å². The molecule has 8 nitrogen and oxygen atoms in total. The monoisotopic (exact) mass is 307 g/mol. The molecule has 1 aromatic rings. The van der Waals surface area contributed by atoms with Crippen molar-refractivity contribution in [3.8, 4) is 5.88 Å². The van der Waals surface area contributed by atoms with Crippen LogP contribution in [-0.2, 0) is 9.59 Å². The lowest BCUT2D eigenvalue weighted by molar-refractivity contribution is -0.125. The van der Waals surface area contributed by atoms with E-state index in [-0.39, 0.29) is 24.4 Å². The molecule has 2 heterocycles. The van der Waals surface area contributed by atoms with Crippen LogP contribution in [0.5, 0.6) is 5.88 Å². The zero-order valence-corrected chi connectivity index (χ0v) is 12.8. The maximum atomic E-state index is 11.7. The van der Waals surface area contributed by atoms with Gasteiger partial charge in [-0.1, -0.05) is 0 Å². The minimum atomic E-state index is -0.218. The van der Waals surface area contributed by atoms with Crippen LogP contribution in [0.15, 0.2) is 12.4 Å². The average Bonchev–Trinajstić information content (AvgIpc) is 2.94. The van der Waals surface area contributed by atoms with Crippen LogP contribution < -0.4 is 20.3 Å². The van der Waals surface area contributed by atoms with Crippen LogP contribution in [0.4, 0.5) is 5.82 Å². The SMILES string of the molecule is CCOc1nccnc1N1CC[C@H](NC(=O)CNC(C)=O)C1. The lowest BCUT2D eigenvalue weighted by Crippen LogP contribution is -2.42. The number of nitrogens with zero attached hydrogens (tertiary/aromatic N) is 3. The summed E-state index contributed by atoms with van der Waals surface area (Å²) in [5, 5.41) is 5.38. The highest BCUT2D eigenvalue weighted by Gasteiger charge is 2.27. The number of hydrogen-bond donors (Lipinski definition) is 2. The molecule has 120 valence electrons. The van der Waals surface area contributed by atoms with E-state index in [0.29, 0.717) is 24.8 Å². The first-order valence-electron chi connectivity index (χ1n) is 7.32. The fourth-order valence-electron chi connectivity index (χ4n) is 2.33. The summed E-state index contributed by atoms with van der Waals surface area (Å²) in [6.45, 7) is 5.22. The molecule has 0 saturated carbocycles. The zero-order chi connectivity index (χ0) is 15.9. The fourth-order valence-corrected chi connectivity index (χ4v) is 2.33. The number of nitrogens with one attached hydrogen (secondary N) is 2. The molecule has 1 fully saturated rings. The predicted molar refractivity (Wildman–Crippen MR) is 80.6 cm³/mol. The van der Waals surface area contributed by atoms with Gasteiger partial charge in [-0.15, -0.1) is 0 Å². The van der Waals surface area contributed by atoms with E-state index in [1.807, 2.05) is 11.8 Å². The number of amides is 2. The Kier molecular flexibility index (Phi) is 5.51. The van der Waals surface area contributed by atoms with Gasteiger partial charge >= 0.3 is 0 Å². The van der Waals surface area contributed by atoms with Crippen molar-refractivity contribution >= 4 is 17.6 Å². The molecule has 2 amide bonds. The highest BCUT2D eigenvalue weighted by atomic mass is 16.5. The molecule has 1 aromatic heterocycles. The summed E-state index contributed by atoms with van der Waals surface area (Å²) in [5.41, 5.74) is 0. The Morgan fingerprint density at radius 1 is 1.41 bits per heavy atom. The normalized spacial score (nSPS) is 17.2. The van der Waals surface area contributed by atoms with E-state index in [4.69, 9.17) is 4.74 Å². The van der Waals surface area contributed by atoms with Crippen molar-refractivity contribution in [3.63, 3.8) is 0 Å². The van der Waals surface area contributed by atoms with Gasteiger partial charge in [-0.3, -0.25) is 9.59 Å². The molecule has 0 unspecified atom stereocenters. The molecule has 0 spiro atoms. The van der Waals surface area contributed by atoms with E-state index in [9.17, 15) is 9.59 Å². The minimum Gasteiger partial charge on any atom is -0.475 e. The first kappa shape index (κ1) is 16.0. The van der Waals surface area contributed by atoms with E-state index in [0.717, 1.165) is 13.0 Å². The van der Waals surface area contributed by atoms with Crippen LogP contribution in [0.2, 0.25) is 0 Å². The molecule has 1 aliphatic heterocycles. The molecule has 0 aliphatic carbocycles. The Labute approximate surface area is 129 Å². The van der Waals surface area contributed by atoms with Gasteiger partial charge in [0.1, 0.15) is 0 Å². The van der Waals surface area contributed by atoms with E-state index in [1.54, 1.807) is 12.4 Å². The lowest BCUT2D eigenvalue weighted by Gasteiger charge is -2.19. The zero-order valence-electron chi connectivity index (χ0n) is 12.8. The first-order valence-corrected chi connectivity index (χ1v) is 7.32. The largest absolute Gasteiger partial charge is 0.475 e. The van der Waals surface area contributed by atoms with Gasteiger partial charge in [0.25, 0.3) is 5.88 Å². The van der Waals surface area contributed by atoms with Crippen LogP contribution in [0, 0.1) is 0 Å². The average molecular weight is 307 g/mol. The second-order valence-corrected chi connectivity index (χ2v) is 5.03. The molecular formula is C14H21N5O3. The molecule has 0 radical (unpaired) electrons. The van der Waals surface area contributed by atoms with Crippen LogP contribution in [0.1, 0.15) is 20.3 Å². The van der Waals surface area contributed by atoms with Gasteiger partial charge in [-0.2, -0.15) is 0 Å². The van der Waals surface area contributed by atoms with Gasteiger partial charge in [0.2, 0.25) is 11.8 Å². The molecule has 22 heavy (non-hydrogen) atoms. The highest BCUT2D eigenvalue weighted by molar-refractivity contribution is 5.83. The van der Waals surface area contributed by atoms with E-state index in [2.05, 4.69) is 20.6 Å². The number of carbonyl (C=O) groups is 2. The Morgan fingerprint density at radius 3 is 2.91 bits per heavy atom. The number of ether oxygens (including phenoxy) is 1. The van der Waals surface area contributed by atoms with Gasteiger partial charge in [0.05, 0.1) is 13.2 Å². The van der Waals surface area contributed by atoms with Crippen molar-refractivity contribution in [1.29, 1.82) is 0 Å². The maximum absolute atomic E-state index is 11.7.